The van der Waals surface area contributed by atoms with Crippen LogP contribution < -0.4 is 19.5 Å². The number of rotatable bonds is 8. The van der Waals surface area contributed by atoms with Crippen molar-refractivity contribution in [2.24, 2.45) is 0 Å². The van der Waals surface area contributed by atoms with E-state index in [1.165, 1.54) is 38.5 Å². The van der Waals surface area contributed by atoms with Gasteiger partial charge in [-0.3, -0.25) is 9.52 Å². The molecule has 0 heterocycles. The first-order valence-corrected chi connectivity index (χ1v) is 11.7. The fourth-order valence-corrected chi connectivity index (χ4v) is 4.35. The van der Waals surface area contributed by atoms with E-state index in [1.807, 2.05) is 0 Å². The van der Waals surface area contributed by atoms with Gasteiger partial charge >= 0.3 is 5.97 Å². The molecule has 0 fully saturated rings. The molecule has 0 spiro atoms. The quantitative estimate of drug-likeness (QED) is 0.422. The Bertz CT molecular complexity index is 1400. The zero-order valence-electron chi connectivity index (χ0n) is 18.7. The van der Waals surface area contributed by atoms with Crippen molar-refractivity contribution in [3.8, 4) is 11.5 Å². The molecule has 0 bridgehead atoms. The molecule has 3 aromatic carbocycles. The summed E-state index contributed by atoms with van der Waals surface area (Å²) in [5.74, 6) is -2.21. The first-order valence-electron chi connectivity index (χ1n) is 9.83. The van der Waals surface area contributed by atoms with Gasteiger partial charge < -0.3 is 19.5 Å². The number of methoxy groups -OCH3 is 3. The number of ether oxygens (including phenoxy) is 3. The van der Waals surface area contributed by atoms with Gasteiger partial charge in [0.1, 0.15) is 5.82 Å². The van der Waals surface area contributed by atoms with Gasteiger partial charge in [-0.05, 0) is 30.3 Å². The summed E-state index contributed by atoms with van der Waals surface area (Å²) in [5.41, 5.74) is -0.463. The highest BCUT2D eigenvalue weighted by Gasteiger charge is 2.24. The van der Waals surface area contributed by atoms with E-state index in [0.717, 1.165) is 25.3 Å². The van der Waals surface area contributed by atoms with Crippen LogP contribution in [0.15, 0.2) is 59.5 Å². The summed E-state index contributed by atoms with van der Waals surface area (Å²) in [6.45, 7) is 0. The van der Waals surface area contributed by atoms with Crippen LogP contribution in [0.2, 0.25) is 5.02 Å². The van der Waals surface area contributed by atoms with Crippen LogP contribution in [0, 0.1) is 5.82 Å². The van der Waals surface area contributed by atoms with Crippen molar-refractivity contribution in [1.82, 2.24) is 0 Å². The molecule has 9 nitrogen and oxygen atoms in total. The van der Waals surface area contributed by atoms with E-state index in [4.69, 9.17) is 25.8 Å². The molecule has 0 aliphatic carbocycles. The number of hydrogen-bond acceptors (Lipinski definition) is 7. The number of carbonyl (C=O) groups excluding carboxylic acids is 2. The average molecular weight is 523 g/mol. The van der Waals surface area contributed by atoms with Gasteiger partial charge in [-0.1, -0.05) is 23.7 Å². The fraction of sp³-hybridized carbons (Fsp3) is 0.130. The third-order valence-corrected chi connectivity index (χ3v) is 6.48. The Kier molecular flexibility index (Phi) is 7.82. The second-order valence-electron chi connectivity index (χ2n) is 6.93. The highest BCUT2D eigenvalue weighted by Crippen LogP contribution is 2.35. The summed E-state index contributed by atoms with van der Waals surface area (Å²) in [4.78, 5) is 24.1. The number of hydrogen-bond donors (Lipinski definition) is 2. The van der Waals surface area contributed by atoms with Gasteiger partial charge in [0.05, 0.1) is 53.7 Å². The Morgan fingerprint density at radius 2 is 1.54 bits per heavy atom. The average Bonchev–Trinajstić information content (AvgIpc) is 2.84. The van der Waals surface area contributed by atoms with Crippen LogP contribution in [0.25, 0.3) is 0 Å². The Hall–Kier alpha value is -3.83. The van der Waals surface area contributed by atoms with Crippen LogP contribution in [0.3, 0.4) is 0 Å². The zero-order chi connectivity index (χ0) is 25.8. The molecule has 0 atom stereocenters. The van der Waals surface area contributed by atoms with Gasteiger partial charge in [-0.2, -0.15) is 0 Å². The fourth-order valence-electron chi connectivity index (χ4n) is 3.05. The van der Waals surface area contributed by atoms with Crippen molar-refractivity contribution in [2.75, 3.05) is 31.4 Å². The minimum atomic E-state index is -4.38. The molecule has 3 rings (SSSR count). The molecule has 0 aromatic heterocycles. The predicted molar refractivity (Wildman–Crippen MR) is 127 cm³/mol. The van der Waals surface area contributed by atoms with Crippen molar-refractivity contribution in [1.29, 1.82) is 0 Å². The van der Waals surface area contributed by atoms with Gasteiger partial charge in [0.2, 0.25) is 0 Å². The Balaban J connectivity index is 1.92. The van der Waals surface area contributed by atoms with Crippen LogP contribution in [0.4, 0.5) is 15.8 Å². The largest absolute Gasteiger partial charge is 0.493 e. The lowest BCUT2D eigenvalue weighted by Gasteiger charge is -2.16. The topological polar surface area (TPSA) is 120 Å². The number of sulfonamides is 1. The van der Waals surface area contributed by atoms with Crippen molar-refractivity contribution < 1.29 is 36.6 Å². The maximum Gasteiger partial charge on any atom is 0.340 e. The summed E-state index contributed by atoms with van der Waals surface area (Å²) in [7, 11) is -0.572. The first-order chi connectivity index (χ1) is 16.6. The van der Waals surface area contributed by atoms with E-state index in [-0.39, 0.29) is 39.0 Å². The molecule has 0 saturated heterocycles. The van der Waals surface area contributed by atoms with Gasteiger partial charge in [-0.15, -0.1) is 0 Å². The van der Waals surface area contributed by atoms with Crippen LogP contribution in [0.1, 0.15) is 20.7 Å². The van der Waals surface area contributed by atoms with Crippen LogP contribution in [-0.4, -0.2) is 41.6 Å². The second-order valence-corrected chi connectivity index (χ2v) is 9.02. The standard InChI is InChI=1S/C23H20ClFN2O7S/c1-32-20-11-15(23(29)34-3)19(12-21(20)33-2)27-35(30,31)13-8-9-18(17(25)10-13)26-22(28)14-6-4-5-7-16(14)24/h4-12,27H,1-3H3,(H,26,28). The summed E-state index contributed by atoms with van der Waals surface area (Å²) < 4.78 is 57.9. The molecule has 0 unspecified atom stereocenters. The minimum Gasteiger partial charge on any atom is -0.493 e. The molecule has 184 valence electrons. The number of benzene rings is 3. The molecule has 2 N–H and O–H groups in total. The van der Waals surface area contributed by atoms with Crippen molar-refractivity contribution in [2.45, 2.75) is 4.90 Å². The predicted octanol–water partition coefficient (Wildman–Crippen LogP) is 4.34. The number of carbonyl (C=O) groups is 2. The highest BCUT2D eigenvalue weighted by molar-refractivity contribution is 7.92. The van der Waals surface area contributed by atoms with Crippen molar-refractivity contribution >= 4 is 44.9 Å². The van der Waals surface area contributed by atoms with Crippen molar-refractivity contribution in [3.05, 3.63) is 76.6 Å². The molecular weight excluding hydrogens is 503 g/mol. The Morgan fingerprint density at radius 1 is 0.886 bits per heavy atom. The lowest BCUT2D eigenvalue weighted by Crippen LogP contribution is -2.17. The summed E-state index contributed by atoms with van der Waals surface area (Å²) in [6.07, 6.45) is 0. The number of halogens is 2. The number of amides is 1. The molecule has 12 heteroatoms. The third-order valence-electron chi connectivity index (χ3n) is 4.79. The smallest absolute Gasteiger partial charge is 0.340 e. The van der Waals surface area contributed by atoms with Crippen LogP contribution >= 0.6 is 11.6 Å². The number of anilines is 2. The van der Waals surface area contributed by atoms with E-state index in [9.17, 15) is 22.4 Å². The summed E-state index contributed by atoms with van der Waals surface area (Å²) in [5, 5.41) is 2.52. The van der Waals surface area contributed by atoms with E-state index in [0.29, 0.717) is 0 Å². The molecule has 3 aromatic rings. The van der Waals surface area contributed by atoms with Gasteiger partial charge in [0.25, 0.3) is 15.9 Å². The lowest BCUT2D eigenvalue weighted by molar-refractivity contribution is 0.0601. The van der Waals surface area contributed by atoms with E-state index in [2.05, 4.69) is 10.0 Å². The molecular formula is C23H20ClFN2O7S. The first kappa shape index (κ1) is 25.8. The highest BCUT2D eigenvalue weighted by atomic mass is 35.5. The minimum absolute atomic E-state index is 0.121. The number of nitrogens with one attached hydrogen (secondary N) is 2. The molecule has 1 amide bonds. The maximum absolute atomic E-state index is 14.7. The Morgan fingerprint density at radius 3 is 2.14 bits per heavy atom. The van der Waals surface area contributed by atoms with Gasteiger partial charge in [-0.25, -0.2) is 17.6 Å². The van der Waals surface area contributed by atoms with E-state index < -0.39 is 32.6 Å². The van der Waals surface area contributed by atoms with Crippen molar-refractivity contribution in [3.63, 3.8) is 0 Å². The zero-order valence-corrected chi connectivity index (χ0v) is 20.3. The van der Waals surface area contributed by atoms with Gasteiger partial charge in [0, 0.05) is 12.1 Å². The number of esters is 1. The van der Waals surface area contributed by atoms with Crippen LogP contribution in [0.5, 0.6) is 11.5 Å². The monoisotopic (exact) mass is 522 g/mol. The molecule has 0 aliphatic rings. The van der Waals surface area contributed by atoms with E-state index >= 15 is 0 Å². The lowest BCUT2D eigenvalue weighted by atomic mass is 10.1. The Labute approximate surface area is 205 Å². The SMILES string of the molecule is COC(=O)c1cc(OC)c(OC)cc1NS(=O)(=O)c1ccc(NC(=O)c2ccccc2Cl)c(F)c1. The molecule has 35 heavy (non-hydrogen) atoms. The second kappa shape index (κ2) is 10.6. The summed E-state index contributed by atoms with van der Waals surface area (Å²) in [6, 6.07) is 11.6. The third kappa shape index (κ3) is 5.64. The molecule has 0 saturated carbocycles. The van der Waals surface area contributed by atoms with Crippen LogP contribution in [-0.2, 0) is 14.8 Å². The summed E-state index contributed by atoms with van der Waals surface area (Å²) >= 11 is 5.98. The van der Waals surface area contributed by atoms with Gasteiger partial charge in [0.15, 0.2) is 11.5 Å². The maximum atomic E-state index is 14.7. The molecule has 0 radical (unpaired) electrons. The normalized spacial score (nSPS) is 10.9. The molecule has 0 aliphatic heterocycles. The van der Waals surface area contributed by atoms with E-state index in [1.54, 1.807) is 12.1 Å².